The Hall–Kier alpha value is -2.69. The van der Waals surface area contributed by atoms with E-state index in [0.717, 1.165) is 34.8 Å². The Morgan fingerprint density at radius 3 is 2.62 bits per heavy atom. The number of aryl methyl sites for hydroxylation is 1. The third-order valence-corrected chi connectivity index (χ3v) is 3.63. The van der Waals surface area contributed by atoms with Gasteiger partial charge in [-0.15, -0.1) is 5.10 Å². The molecule has 1 aromatic heterocycles. The molecule has 0 aliphatic heterocycles. The highest BCUT2D eigenvalue weighted by atomic mass is 16.5. The van der Waals surface area contributed by atoms with Crippen LogP contribution in [0.25, 0.3) is 11.4 Å². The van der Waals surface area contributed by atoms with Crippen LogP contribution in [0.1, 0.15) is 25.0 Å². The molecule has 1 heterocycles. The van der Waals surface area contributed by atoms with Gasteiger partial charge in [-0.1, -0.05) is 44.2 Å². The molecule has 24 heavy (non-hydrogen) atoms. The summed E-state index contributed by atoms with van der Waals surface area (Å²) in [5, 5.41) is 12.1. The molecule has 0 unspecified atom stereocenters. The summed E-state index contributed by atoms with van der Waals surface area (Å²) in [4.78, 5) is 0. The van der Waals surface area contributed by atoms with E-state index in [4.69, 9.17) is 4.74 Å². The molecule has 0 amide bonds. The molecule has 5 heteroatoms. The largest absolute Gasteiger partial charge is 0.489 e. The minimum absolute atomic E-state index is 0.478. The van der Waals surface area contributed by atoms with Crippen molar-refractivity contribution in [2.75, 3.05) is 0 Å². The van der Waals surface area contributed by atoms with Crippen molar-refractivity contribution >= 4 is 0 Å². The van der Waals surface area contributed by atoms with Crippen molar-refractivity contribution in [3.8, 4) is 17.1 Å². The number of hydrogen-bond acceptors (Lipinski definition) is 4. The van der Waals surface area contributed by atoms with Gasteiger partial charge >= 0.3 is 0 Å². The lowest BCUT2D eigenvalue weighted by atomic mass is 10.1. The highest BCUT2D eigenvalue weighted by molar-refractivity contribution is 5.59. The van der Waals surface area contributed by atoms with Gasteiger partial charge in [0.05, 0.1) is 0 Å². The van der Waals surface area contributed by atoms with Gasteiger partial charge < -0.3 is 4.74 Å². The van der Waals surface area contributed by atoms with E-state index in [0.29, 0.717) is 12.5 Å². The van der Waals surface area contributed by atoms with Gasteiger partial charge in [-0.05, 0) is 52.6 Å². The van der Waals surface area contributed by atoms with Gasteiger partial charge in [0.2, 0.25) is 0 Å². The zero-order chi connectivity index (χ0) is 16.9. The summed E-state index contributed by atoms with van der Waals surface area (Å²) < 4.78 is 7.80. The van der Waals surface area contributed by atoms with E-state index in [9.17, 15) is 0 Å². The second-order valence-electron chi connectivity index (χ2n) is 6.39. The summed E-state index contributed by atoms with van der Waals surface area (Å²) in [6, 6.07) is 16.3. The van der Waals surface area contributed by atoms with Gasteiger partial charge in [0.1, 0.15) is 12.4 Å². The minimum Gasteiger partial charge on any atom is -0.489 e. The molecule has 0 N–H and O–H groups in total. The summed E-state index contributed by atoms with van der Waals surface area (Å²) in [5.74, 6) is 2.08. The molecule has 3 aromatic rings. The van der Waals surface area contributed by atoms with Crippen molar-refractivity contribution in [2.24, 2.45) is 5.92 Å². The van der Waals surface area contributed by atoms with E-state index >= 15 is 0 Å². The van der Waals surface area contributed by atoms with Crippen LogP contribution in [-0.2, 0) is 13.2 Å². The Labute approximate surface area is 142 Å². The molecular weight excluding hydrogens is 300 g/mol. The van der Waals surface area contributed by atoms with Gasteiger partial charge in [0.25, 0.3) is 0 Å². The molecule has 0 spiro atoms. The Balaban J connectivity index is 1.83. The molecule has 5 nitrogen and oxygen atoms in total. The van der Waals surface area contributed by atoms with Crippen LogP contribution in [0.2, 0.25) is 0 Å². The molecule has 0 aliphatic rings. The molecule has 0 saturated heterocycles. The number of ether oxygens (including phenoxy) is 1. The predicted octanol–water partition coefficient (Wildman–Crippen LogP) is 3.88. The average Bonchev–Trinajstić information content (AvgIpc) is 3.01. The predicted molar refractivity (Wildman–Crippen MR) is 93.6 cm³/mol. The molecule has 124 valence electrons. The molecule has 0 saturated carbocycles. The zero-order valence-electron chi connectivity index (χ0n) is 14.3. The van der Waals surface area contributed by atoms with Gasteiger partial charge in [0, 0.05) is 12.1 Å². The van der Waals surface area contributed by atoms with Gasteiger partial charge in [0.15, 0.2) is 5.82 Å². The lowest BCUT2D eigenvalue weighted by molar-refractivity contribution is 0.306. The van der Waals surface area contributed by atoms with Crippen LogP contribution in [0.4, 0.5) is 0 Å². The fourth-order valence-corrected chi connectivity index (χ4v) is 2.58. The van der Waals surface area contributed by atoms with E-state index in [1.165, 1.54) is 0 Å². The highest BCUT2D eigenvalue weighted by Crippen LogP contribution is 2.25. The summed E-state index contributed by atoms with van der Waals surface area (Å²) in [6.07, 6.45) is 0. The van der Waals surface area contributed by atoms with E-state index in [-0.39, 0.29) is 0 Å². The van der Waals surface area contributed by atoms with Crippen molar-refractivity contribution in [1.82, 2.24) is 20.2 Å². The first-order valence-electron chi connectivity index (χ1n) is 8.17. The van der Waals surface area contributed by atoms with Crippen molar-refractivity contribution in [3.63, 3.8) is 0 Å². The molecular formula is C19H22N4O. The number of rotatable bonds is 6. The van der Waals surface area contributed by atoms with E-state index in [1.807, 2.05) is 35.0 Å². The smallest absolute Gasteiger partial charge is 0.182 e. The molecule has 0 atom stereocenters. The zero-order valence-corrected chi connectivity index (χ0v) is 14.3. The fraction of sp³-hybridized carbons (Fsp3) is 0.316. The maximum absolute atomic E-state index is 5.95. The summed E-state index contributed by atoms with van der Waals surface area (Å²) >= 11 is 0. The van der Waals surface area contributed by atoms with Crippen LogP contribution in [0, 0.1) is 12.8 Å². The standard InChI is InChI=1S/C19H22N4O/c1-14(2)12-23-19(20-21-22-23)17-9-15(3)10-18(11-17)24-13-16-7-5-4-6-8-16/h4-11,14H,12-13H2,1-3H3. The van der Waals surface area contributed by atoms with Gasteiger partial charge in [-0.2, -0.15) is 0 Å². The van der Waals surface area contributed by atoms with Crippen molar-refractivity contribution in [3.05, 3.63) is 59.7 Å². The van der Waals surface area contributed by atoms with Gasteiger partial charge in [-0.3, -0.25) is 0 Å². The van der Waals surface area contributed by atoms with Crippen LogP contribution in [0.15, 0.2) is 48.5 Å². The summed E-state index contributed by atoms with van der Waals surface area (Å²) in [5.41, 5.74) is 3.24. The molecule has 0 radical (unpaired) electrons. The molecule has 0 aliphatic carbocycles. The summed E-state index contributed by atoms with van der Waals surface area (Å²) in [7, 11) is 0. The van der Waals surface area contributed by atoms with Crippen LogP contribution in [0.3, 0.4) is 0 Å². The Morgan fingerprint density at radius 1 is 1.08 bits per heavy atom. The third kappa shape index (κ3) is 3.98. The molecule has 3 rings (SSSR count). The van der Waals surface area contributed by atoms with Crippen molar-refractivity contribution in [1.29, 1.82) is 0 Å². The number of tetrazole rings is 1. The van der Waals surface area contributed by atoms with Crippen LogP contribution in [0.5, 0.6) is 5.75 Å². The second kappa shape index (κ2) is 7.25. The third-order valence-electron chi connectivity index (χ3n) is 3.63. The average molecular weight is 322 g/mol. The topological polar surface area (TPSA) is 52.8 Å². The van der Waals surface area contributed by atoms with E-state index < -0.39 is 0 Å². The molecule has 2 aromatic carbocycles. The second-order valence-corrected chi connectivity index (χ2v) is 6.39. The Bertz CT molecular complexity index is 796. The monoisotopic (exact) mass is 322 g/mol. The minimum atomic E-state index is 0.478. The first-order valence-corrected chi connectivity index (χ1v) is 8.17. The maximum atomic E-state index is 5.95. The van der Waals surface area contributed by atoms with E-state index in [1.54, 1.807) is 0 Å². The Kier molecular flexibility index (Phi) is 4.89. The van der Waals surface area contributed by atoms with Crippen LogP contribution in [-0.4, -0.2) is 20.2 Å². The quantitative estimate of drug-likeness (QED) is 0.691. The Morgan fingerprint density at radius 2 is 1.88 bits per heavy atom. The first kappa shape index (κ1) is 16.2. The van der Waals surface area contributed by atoms with Crippen molar-refractivity contribution < 1.29 is 4.74 Å². The summed E-state index contributed by atoms with van der Waals surface area (Å²) in [6.45, 7) is 7.68. The SMILES string of the molecule is Cc1cc(OCc2ccccc2)cc(-c2nnnn2CC(C)C)c1. The normalized spacial score (nSPS) is 11.0. The highest BCUT2D eigenvalue weighted by Gasteiger charge is 2.12. The lowest BCUT2D eigenvalue weighted by Gasteiger charge is -2.11. The van der Waals surface area contributed by atoms with Crippen LogP contribution < -0.4 is 4.74 Å². The number of aromatic nitrogens is 4. The molecule has 0 bridgehead atoms. The van der Waals surface area contributed by atoms with Crippen molar-refractivity contribution in [2.45, 2.75) is 33.9 Å². The number of hydrogen-bond donors (Lipinski definition) is 0. The fourth-order valence-electron chi connectivity index (χ4n) is 2.58. The van der Waals surface area contributed by atoms with Crippen LogP contribution >= 0.6 is 0 Å². The maximum Gasteiger partial charge on any atom is 0.182 e. The van der Waals surface area contributed by atoms with Gasteiger partial charge in [-0.25, -0.2) is 4.68 Å². The lowest BCUT2D eigenvalue weighted by Crippen LogP contribution is -2.08. The van der Waals surface area contributed by atoms with E-state index in [2.05, 4.69) is 54.5 Å². The number of benzene rings is 2. The molecule has 0 fully saturated rings. The first-order chi connectivity index (χ1) is 11.6. The number of nitrogens with zero attached hydrogens (tertiary/aromatic N) is 4.